The van der Waals surface area contributed by atoms with Crippen LogP contribution < -0.4 is 5.73 Å². The molecule has 0 bridgehead atoms. The minimum absolute atomic E-state index is 0.0769. The highest BCUT2D eigenvalue weighted by molar-refractivity contribution is 5.94. The van der Waals surface area contributed by atoms with Crippen molar-refractivity contribution in [2.24, 2.45) is 10.7 Å². The molecule has 0 radical (unpaired) electrons. The summed E-state index contributed by atoms with van der Waals surface area (Å²) < 4.78 is 0. The normalized spacial score (nSPS) is 14.8. The molecule has 1 aliphatic carbocycles. The van der Waals surface area contributed by atoms with Gasteiger partial charge in [-0.2, -0.15) is 0 Å². The average molecular weight is 302 g/mol. The zero-order valence-electron chi connectivity index (χ0n) is 13.7. The van der Waals surface area contributed by atoms with E-state index in [0.717, 1.165) is 24.2 Å². The van der Waals surface area contributed by atoms with Crippen molar-refractivity contribution in [3.05, 3.63) is 35.4 Å². The van der Waals surface area contributed by atoms with Crippen LogP contribution in [0.5, 0.6) is 0 Å². The molecule has 1 aromatic rings. The Labute approximate surface area is 132 Å². The van der Waals surface area contributed by atoms with Gasteiger partial charge in [-0.15, -0.1) is 0 Å². The molecule has 0 heterocycles. The van der Waals surface area contributed by atoms with Crippen LogP contribution in [-0.2, 0) is 6.54 Å². The van der Waals surface area contributed by atoms with E-state index in [4.69, 9.17) is 5.73 Å². The minimum Gasteiger partial charge on any atom is -0.370 e. The van der Waals surface area contributed by atoms with Gasteiger partial charge in [0, 0.05) is 31.7 Å². The number of carbonyl (C=O) groups excluding carboxylic acids is 1. The Bertz CT molecular complexity index is 530. The molecule has 1 saturated carbocycles. The van der Waals surface area contributed by atoms with Crippen molar-refractivity contribution in [3.8, 4) is 0 Å². The lowest BCUT2D eigenvalue weighted by Gasteiger charge is -2.18. The van der Waals surface area contributed by atoms with Gasteiger partial charge in [-0.05, 0) is 44.4 Å². The Morgan fingerprint density at radius 1 is 1.23 bits per heavy atom. The number of guanidine groups is 1. The second-order valence-corrected chi connectivity index (χ2v) is 5.69. The van der Waals surface area contributed by atoms with Gasteiger partial charge in [-0.3, -0.25) is 4.79 Å². The number of nitrogens with zero attached hydrogens (tertiary/aromatic N) is 3. The first-order chi connectivity index (χ1) is 10.6. The molecule has 0 atom stereocenters. The number of aliphatic imine (C=N–C) groups is 1. The fourth-order valence-electron chi connectivity index (χ4n) is 2.38. The number of nitrogens with two attached hydrogens (primary N) is 1. The summed E-state index contributed by atoms with van der Waals surface area (Å²) >= 11 is 0. The van der Waals surface area contributed by atoms with Crippen LogP contribution in [0.2, 0.25) is 0 Å². The molecule has 5 nitrogen and oxygen atoms in total. The quantitative estimate of drug-likeness (QED) is 0.646. The van der Waals surface area contributed by atoms with E-state index in [0.29, 0.717) is 18.5 Å². The Morgan fingerprint density at radius 2 is 1.82 bits per heavy atom. The number of amides is 1. The van der Waals surface area contributed by atoms with Gasteiger partial charge in [0.1, 0.15) is 0 Å². The van der Waals surface area contributed by atoms with Gasteiger partial charge >= 0.3 is 0 Å². The lowest BCUT2D eigenvalue weighted by atomic mass is 10.1. The zero-order valence-corrected chi connectivity index (χ0v) is 13.7. The third kappa shape index (κ3) is 4.00. The van der Waals surface area contributed by atoms with E-state index in [2.05, 4.69) is 4.99 Å². The van der Waals surface area contributed by atoms with Crippen LogP contribution in [0.3, 0.4) is 0 Å². The fraction of sp³-hybridized carbons (Fsp3) is 0.529. The maximum atomic E-state index is 12.2. The van der Waals surface area contributed by atoms with Gasteiger partial charge in [0.05, 0.1) is 6.54 Å². The highest BCUT2D eigenvalue weighted by atomic mass is 16.2. The van der Waals surface area contributed by atoms with Crippen LogP contribution in [0.25, 0.3) is 0 Å². The maximum Gasteiger partial charge on any atom is 0.253 e. The van der Waals surface area contributed by atoms with Crippen molar-refractivity contribution in [2.45, 2.75) is 39.3 Å². The molecule has 0 aromatic heterocycles. The van der Waals surface area contributed by atoms with Gasteiger partial charge in [-0.25, -0.2) is 4.99 Å². The summed E-state index contributed by atoms with van der Waals surface area (Å²) in [7, 11) is 1.99. The van der Waals surface area contributed by atoms with E-state index in [9.17, 15) is 4.79 Å². The van der Waals surface area contributed by atoms with Crippen LogP contribution in [-0.4, -0.2) is 47.8 Å². The first kappa shape index (κ1) is 16.3. The Kier molecular flexibility index (Phi) is 5.41. The van der Waals surface area contributed by atoms with Crippen molar-refractivity contribution >= 4 is 11.9 Å². The van der Waals surface area contributed by atoms with Gasteiger partial charge in [0.15, 0.2) is 5.96 Å². The summed E-state index contributed by atoms with van der Waals surface area (Å²) in [5, 5.41) is 0. The molecule has 0 aliphatic heterocycles. The summed E-state index contributed by atoms with van der Waals surface area (Å²) in [4.78, 5) is 20.5. The van der Waals surface area contributed by atoms with E-state index >= 15 is 0 Å². The minimum atomic E-state index is 0.0769. The highest BCUT2D eigenvalue weighted by Gasteiger charge is 2.27. The summed E-state index contributed by atoms with van der Waals surface area (Å²) in [6.45, 7) is 5.98. The molecule has 120 valence electrons. The molecule has 0 saturated heterocycles. The lowest BCUT2D eigenvalue weighted by molar-refractivity contribution is 0.0773. The van der Waals surface area contributed by atoms with E-state index in [1.54, 1.807) is 0 Å². The number of hydrogen-bond acceptors (Lipinski definition) is 2. The monoisotopic (exact) mass is 302 g/mol. The lowest BCUT2D eigenvalue weighted by Crippen LogP contribution is -2.35. The third-order valence-electron chi connectivity index (χ3n) is 4.13. The molecule has 1 aliphatic rings. The van der Waals surface area contributed by atoms with Crippen LogP contribution in [0, 0.1) is 0 Å². The van der Waals surface area contributed by atoms with Crippen molar-refractivity contribution in [3.63, 3.8) is 0 Å². The van der Waals surface area contributed by atoms with E-state index < -0.39 is 0 Å². The second kappa shape index (κ2) is 7.29. The third-order valence-corrected chi connectivity index (χ3v) is 4.13. The van der Waals surface area contributed by atoms with E-state index in [1.165, 1.54) is 12.8 Å². The SMILES string of the molecule is CCN(CC)C(=O)c1ccc(CN=C(N)N(C)C2CC2)cc1. The van der Waals surface area contributed by atoms with Crippen LogP contribution in [0.15, 0.2) is 29.3 Å². The van der Waals surface area contributed by atoms with Crippen molar-refractivity contribution < 1.29 is 4.79 Å². The Hall–Kier alpha value is -2.04. The smallest absolute Gasteiger partial charge is 0.253 e. The fourth-order valence-corrected chi connectivity index (χ4v) is 2.38. The number of rotatable bonds is 6. The van der Waals surface area contributed by atoms with Gasteiger partial charge in [0.2, 0.25) is 0 Å². The highest BCUT2D eigenvalue weighted by Crippen LogP contribution is 2.24. The van der Waals surface area contributed by atoms with Crippen molar-refractivity contribution in [1.29, 1.82) is 0 Å². The number of benzene rings is 1. The molecule has 2 N–H and O–H groups in total. The van der Waals surface area contributed by atoms with Gasteiger partial charge < -0.3 is 15.5 Å². The van der Waals surface area contributed by atoms with Crippen molar-refractivity contribution in [2.75, 3.05) is 20.1 Å². The molecule has 1 amide bonds. The van der Waals surface area contributed by atoms with Gasteiger partial charge in [-0.1, -0.05) is 12.1 Å². The first-order valence-corrected chi connectivity index (χ1v) is 7.97. The standard InChI is InChI=1S/C17H26N4O/c1-4-21(5-2)16(22)14-8-6-13(7-9-14)12-19-17(18)20(3)15-10-11-15/h6-9,15H,4-5,10-12H2,1-3H3,(H2,18,19). The predicted molar refractivity (Wildman–Crippen MR) is 89.8 cm³/mol. The zero-order chi connectivity index (χ0) is 16.1. The van der Waals surface area contributed by atoms with Crippen molar-refractivity contribution in [1.82, 2.24) is 9.80 Å². The van der Waals surface area contributed by atoms with Crippen LogP contribution in [0.4, 0.5) is 0 Å². The summed E-state index contributed by atoms with van der Waals surface area (Å²) in [5.74, 6) is 0.666. The van der Waals surface area contributed by atoms with Crippen LogP contribution in [0.1, 0.15) is 42.6 Å². The second-order valence-electron chi connectivity index (χ2n) is 5.69. The molecular weight excluding hydrogens is 276 g/mol. The summed E-state index contributed by atoms with van der Waals surface area (Å²) in [5.41, 5.74) is 7.76. The average Bonchev–Trinajstić information content (AvgIpc) is 3.38. The molecular formula is C17H26N4O. The van der Waals surface area contributed by atoms with E-state index in [1.807, 2.05) is 55.0 Å². The first-order valence-electron chi connectivity index (χ1n) is 7.97. The summed E-state index contributed by atoms with van der Waals surface area (Å²) in [6.07, 6.45) is 2.41. The molecule has 0 spiro atoms. The van der Waals surface area contributed by atoms with E-state index in [-0.39, 0.29) is 5.91 Å². The van der Waals surface area contributed by atoms with Crippen LogP contribution >= 0.6 is 0 Å². The molecule has 22 heavy (non-hydrogen) atoms. The number of hydrogen-bond donors (Lipinski definition) is 1. The predicted octanol–water partition coefficient (Wildman–Crippen LogP) is 2.08. The molecule has 2 rings (SSSR count). The number of carbonyl (C=O) groups is 1. The molecule has 5 heteroatoms. The molecule has 1 fully saturated rings. The Balaban J connectivity index is 1.96. The molecule has 0 unspecified atom stereocenters. The van der Waals surface area contributed by atoms with Gasteiger partial charge in [0.25, 0.3) is 5.91 Å². The largest absolute Gasteiger partial charge is 0.370 e. The topological polar surface area (TPSA) is 61.9 Å². The summed E-state index contributed by atoms with van der Waals surface area (Å²) in [6, 6.07) is 8.20. The Morgan fingerprint density at radius 3 is 2.32 bits per heavy atom. The molecule has 1 aromatic carbocycles. The maximum absolute atomic E-state index is 12.2.